The number of carbonyl (C=O) groups excluding carboxylic acids is 1. The molecule has 0 N–H and O–H groups in total. The lowest BCUT2D eigenvalue weighted by atomic mass is 9.76. The van der Waals surface area contributed by atoms with Gasteiger partial charge in [-0.2, -0.15) is 0 Å². The molecule has 1 aromatic heterocycles. The van der Waals surface area contributed by atoms with Gasteiger partial charge in [0.2, 0.25) is 0 Å². The number of ketones is 1. The second kappa shape index (κ2) is 4.81. The standard InChI is InChI=1S/C17H25NO/c1-17(2)11-15-14(16(19)12-17)9-10-18(15)13-7-5-3-4-6-8-13/h9-10,13H,3-8,11-12H2,1-2H3. The molecule has 2 aliphatic carbocycles. The average Bonchev–Trinajstić information content (AvgIpc) is 2.58. The first-order chi connectivity index (χ1) is 9.07. The largest absolute Gasteiger partial charge is 0.348 e. The number of nitrogens with zero attached hydrogens (tertiary/aromatic N) is 1. The quantitative estimate of drug-likeness (QED) is 0.679. The Labute approximate surface area is 116 Å². The Balaban J connectivity index is 1.93. The van der Waals surface area contributed by atoms with E-state index in [4.69, 9.17) is 0 Å². The van der Waals surface area contributed by atoms with Gasteiger partial charge in [0.05, 0.1) is 0 Å². The van der Waals surface area contributed by atoms with Crippen LogP contribution in [-0.2, 0) is 6.42 Å². The molecular weight excluding hydrogens is 234 g/mol. The fraction of sp³-hybridized carbons (Fsp3) is 0.706. The lowest BCUT2D eigenvalue weighted by Gasteiger charge is -2.31. The highest BCUT2D eigenvalue weighted by atomic mass is 16.1. The van der Waals surface area contributed by atoms with E-state index >= 15 is 0 Å². The highest BCUT2D eigenvalue weighted by Crippen LogP contribution is 2.38. The van der Waals surface area contributed by atoms with Crippen molar-refractivity contribution < 1.29 is 4.79 Å². The molecule has 0 aliphatic heterocycles. The zero-order valence-corrected chi connectivity index (χ0v) is 12.2. The number of hydrogen-bond donors (Lipinski definition) is 0. The van der Waals surface area contributed by atoms with Crippen LogP contribution in [0.4, 0.5) is 0 Å². The maximum atomic E-state index is 12.3. The number of fused-ring (bicyclic) bond motifs is 1. The van der Waals surface area contributed by atoms with Crippen LogP contribution in [0.25, 0.3) is 0 Å². The van der Waals surface area contributed by atoms with Crippen molar-refractivity contribution in [2.24, 2.45) is 5.41 Å². The van der Waals surface area contributed by atoms with Gasteiger partial charge in [-0.1, -0.05) is 39.5 Å². The van der Waals surface area contributed by atoms with Crippen molar-refractivity contribution in [2.45, 2.75) is 71.3 Å². The van der Waals surface area contributed by atoms with Crippen molar-refractivity contribution in [3.05, 3.63) is 23.5 Å². The maximum Gasteiger partial charge on any atom is 0.165 e. The van der Waals surface area contributed by atoms with Crippen LogP contribution in [0, 0.1) is 5.41 Å². The zero-order valence-electron chi connectivity index (χ0n) is 12.2. The third-order valence-corrected chi connectivity index (χ3v) is 4.83. The Morgan fingerprint density at radius 2 is 1.79 bits per heavy atom. The number of aromatic nitrogens is 1. The normalized spacial score (nSPS) is 24.0. The Morgan fingerprint density at radius 1 is 1.11 bits per heavy atom. The number of hydrogen-bond acceptors (Lipinski definition) is 1. The minimum Gasteiger partial charge on any atom is -0.348 e. The van der Waals surface area contributed by atoms with Crippen molar-refractivity contribution in [1.29, 1.82) is 0 Å². The summed E-state index contributed by atoms with van der Waals surface area (Å²) in [5, 5.41) is 0. The Bertz CT molecular complexity index is 475. The molecular formula is C17H25NO. The second-order valence-corrected chi connectivity index (χ2v) is 7.17. The molecule has 3 rings (SSSR count). The van der Waals surface area contributed by atoms with Crippen LogP contribution in [0.1, 0.15) is 80.9 Å². The first kappa shape index (κ1) is 13.0. The van der Waals surface area contributed by atoms with Crippen molar-refractivity contribution >= 4 is 5.78 Å². The van der Waals surface area contributed by atoms with E-state index < -0.39 is 0 Å². The lowest BCUT2D eigenvalue weighted by Crippen LogP contribution is -2.28. The van der Waals surface area contributed by atoms with Crippen LogP contribution < -0.4 is 0 Å². The molecule has 104 valence electrons. The molecule has 2 nitrogen and oxygen atoms in total. The van der Waals surface area contributed by atoms with Gasteiger partial charge in [0, 0.05) is 29.9 Å². The van der Waals surface area contributed by atoms with Gasteiger partial charge in [0.1, 0.15) is 0 Å². The molecule has 0 unspecified atom stereocenters. The molecule has 1 heterocycles. The van der Waals surface area contributed by atoms with E-state index in [1.807, 2.05) is 0 Å². The highest BCUT2D eigenvalue weighted by molar-refractivity contribution is 5.98. The highest BCUT2D eigenvalue weighted by Gasteiger charge is 2.34. The molecule has 2 heteroatoms. The van der Waals surface area contributed by atoms with Crippen LogP contribution in [0.15, 0.2) is 12.3 Å². The van der Waals surface area contributed by atoms with E-state index in [0.29, 0.717) is 18.2 Å². The SMILES string of the molecule is CC1(C)CC(=O)c2ccn(C3CCCCCC3)c2C1. The van der Waals surface area contributed by atoms with E-state index in [1.54, 1.807) is 0 Å². The van der Waals surface area contributed by atoms with E-state index in [9.17, 15) is 4.79 Å². The number of carbonyl (C=O) groups is 1. The molecule has 0 radical (unpaired) electrons. The molecule has 0 bridgehead atoms. The van der Waals surface area contributed by atoms with Crippen molar-refractivity contribution in [3.63, 3.8) is 0 Å². The van der Waals surface area contributed by atoms with Gasteiger partial charge in [0.25, 0.3) is 0 Å². The summed E-state index contributed by atoms with van der Waals surface area (Å²) >= 11 is 0. The van der Waals surface area contributed by atoms with E-state index in [0.717, 1.165) is 12.0 Å². The molecule has 1 saturated carbocycles. The van der Waals surface area contributed by atoms with E-state index in [-0.39, 0.29) is 5.41 Å². The molecule has 0 atom stereocenters. The molecule has 0 aromatic carbocycles. The van der Waals surface area contributed by atoms with Crippen molar-refractivity contribution in [1.82, 2.24) is 4.57 Å². The third-order valence-electron chi connectivity index (χ3n) is 4.83. The minimum absolute atomic E-state index is 0.130. The number of Topliss-reactive ketones (excluding diaryl/α,β-unsaturated/α-hetero) is 1. The Kier molecular flexibility index (Phi) is 3.28. The zero-order chi connectivity index (χ0) is 13.5. The van der Waals surface area contributed by atoms with E-state index in [2.05, 4.69) is 30.7 Å². The second-order valence-electron chi connectivity index (χ2n) is 7.17. The fourth-order valence-corrected chi connectivity index (χ4v) is 3.84. The topological polar surface area (TPSA) is 22.0 Å². The maximum absolute atomic E-state index is 12.3. The van der Waals surface area contributed by atoms with Gasteiger partial charge in [-0.15, -0.1) is 0 Å². The summed E-state index contributed by atoms with van der Waals surface area (Å²) < 4.78 is 2.44. The summed E-state index contributed by atoms with van der Waals surface area (Å²) in [6.07, 6.45) is 12.0. The van der Waals surface area contributed by atoms with Crippen LogP contribution in [-0.4, -0.2) is 10.4 Å². The summed E-state index contributed by atoms with van der Waals surface area (Å²) in [7, 11) is 0. The molecule has 19 heavy (non-hydrogen) atoms. The van der Waals surface area contributed by atoms with Gasteiger partial charge >= 0.3 is 0 Å². The van der Waals surface area contributed by atoms with E-state index in [1.165, 1.54) is 44.2 Å². The van der Waals surface area contributed by atoms with Crippen molar-refractivity contribution in [2.75, 3.05) is 0 Å². The monoisotopic (exact) mass is 259 g/mol. The van der Waals surface area contributed by atoms with Crippen LogP contribution in [0.2, 0.25) is 0 Å². The summed E-state index contributed by atoms with van der Waals surface area (Å²) in [6, 6.07) is 2.70. The summed E-state index contributed by atoms with van der Waals surface area (Å²) in [5.74, 6) is 0.346. The lowest BCUT2D eigenvalue weighted by molar-refractivity contribution is 0.0909. The third kappa shape index (κ3) is 2.50. The molecule has 0 saturated heterocycles. The van der Waals surface area contributed by atoms with Crippen LogP contribution in [0.5, 0.6) is 0 Å². The summed E-state index contributed by atoms with van der Waals surface area (Å²) in [6.45, 7) is 4.44. The minimum atomic E-state index is 0.130. The van der Waals surface area contributed by atoms with Crippen LogP contribution >= 0.6 is 0 Å². The first-order valence-corrected chi connectivity index (χ1v) is 7.80. The average molecular weight is 259 g/mol. The van der Waals surface area contributed by atoms with Gasteiger partial charge in [0.15, 0.2) is 5.78 Å². The molecule has 1 fully saturated rings. The van der Waals surface area contributed by atoms with Gasteiger partial charge < -0.3 is 4.57 Å². The first-order valence-electron chi connectivity index (χ1n) is 7.80. The molecule has 0 spiro atoms. The molecule has 1 aromatic rings. The van der Waals surface area contributed by atoms with Crippen molar-refractivity contribution in [3.8, 4) is 0 Å². The predicted molar refractivity (Wildman–Crippen MR) is 77.6 cm³/mol. The summed E-state index contributed by atoms with van der Waals surface area (Å²) in [4.78, 5) is 12.3. The van der Waals surface area contributed by atoms with Gasteiger partial charge in [-0.3, -0.25) is 4.79 Å². The Morgan fingerprint density at radius 3 is 2.47 bits per heavy atom. The predicted octanol–water partition coefficient (Wildman–Crippen LogP) is 4.54. The van der Waals surface area contributed by atoms with Crippen LogP contribution in [0.3, 0.4) is 0 Å². The van der Waals surface area contributed by atoms with Gasteiger partial charge in [-0.05, 0) is 30.7 Å². The Hall–Kier alpha value is -1.05. The molecule has 2 aliphatic rings. The fourth-order valence-electron chi connectivity index (χ4n) is 3.84. The van der Waals surface area contributed by atoms with Gasteiger partial charge in [-0.25, -0.2) is 0 Å². The summed E-state index contributed by atoms with van der Waals surface area (Å²) in [5.41, 5.74) is 2.45. The molecule has 0 amide bonds. The smallest absolute Gasteiger partial charge is 0.165 e. The number of rotatable bonds is 1.